The highest BCUT2D eigenvalue weighted by molar-refractivity contribution is 7.85. The van der Waals surface area contributed by atoms with E-state index in [0.717, 1.165) is 0 Å². The van der Waals surface area contributed by atoms with Crippen molar-refractivity contribution >= 4 is 16.0 Å². The molecule has 0 aromatic carbocycles. The quantitative estimate of drug-likeness (QED) is 0.620. The van der Waals surface area contributed by atoms with E-state index < -0.39 is 21.9 Å². The van der Waals surface area contributed by atoms with Crippen LogP contribution < -0.4 is 5.32 Å². The summed E-state index contributed by atoms with van der Waals surface area (Å²) in [7, 11) is -4.34. The molecule has 0 aromatic rings. The topological polar surface area (TPSA) is 86.3 Å². The fourth-order valence-corrected chi connectivity index (χ4v) is 0.838. The smallest absolute Gasteiger partial charge is 0.223 e. The highest BCUT2D eigenvalue weighted by Gasteiger charge is 2.09. The van der Waals surface area contributed by atoms with Crippen LogP contribution in [0, 0.1) is 5.92 Å². The molecule has 0 radical (unpaired) electrons. The molecule has 0 aromatic heterocycles. The van der Waals surface area contributed by atoms with E-state index in [2.05, 4.69) is 0 Å². The minimum absolute atomic E-state index is 0.258. The number of rotatable bonds is 4. The molecule has 0 rings (SSSR count). The maximum Gasteiger partial charge on any atom is 0.223 e. The zero-order valence-electron chi connectivity index (χ0n) is 7.03. The van der Waals surface area contributed by atoms with Crippen LogP contribution in [0.15, 0.2) is 0 Å². The van der Waals surface area contributed by atoms with Gasteiger partial charge in [0.1, 0.15) is 16.0 Å². The average Bonchev–Trinajstić information content (AvgIpc) is 1.97. The number of amides is 1. The molecule has 0 aliphatic heterocycles. The Kier molecular flexibility index (Phi) is 4.19. The van der Waals surface area contributed by atoms with Crippen LogP contribution in [-0.4, -0.2) is 24.8 Å². The van der Waals surface area contributed by atoms with Crippen molar-refractivity contribution in [2.45, 2.75) is 20.3 Å². The first-order valence-corrected chi connectivity index (χ1v) is 5.16. The van der Waals surface area contributed by atoms with Gasteiger partial charge in [-0.05, 0) is 6.42 Å². The van der Waals surface area contributed by atoms with Crippen molar-refractivity contribution in [3.05, 3.63) is 0 Å². The Morgan fingerprint density at radius 1 is 1.58 bits per heavy atom. The summed E-state index contributed by atoms with van der Waals surface area (Å²) in [4.78, 5) is 10.9. The van der Waals surface area contributed by atoms with Gasteiger partial charge in [-0.3, -0.25) is 4.79 Å². The number of nitrogens with one attached hydrogen (secondary N) is 1. The lowest BCUT2D eigenvalue weighted by molar-refractivity contribution is -0.124. The number of hydrogen-bond acceptors (Lipinski definition) is 4. The van der Waals surface area contributed by atoms with Gasteiger partial charge in [0, 0.05) is 5.92 Å². The minimum Gasteiger partial charge on any atom is -0.747 e. The molecule has 1 unspecified atom stereocenters. The summed E-state index contributed by atoms with van der Waals surface area (Å²) in [5, 5.41) is 2.03. The molecule has 72 valence electrons. The number of carbonyl (C=O) groups is 1. The second kappa shape index (κ2) is 4.42. The second-order valence-electron chi connectivity index (χ2n) is 2.55. The zero-order chi connectivity index (χ0) is 9.78. The monoisotopic (exact) mass is 194 g/mol. The van der Waals surface area contributed by atoms with Gasteiger partial charge < -0.3 is 9.87 Å². The molecule has 5 nitrogen and oxygen atoms in total. The van der Waals surface area contributed by atoms with Gasteiger partial charge in [0.25, 0.3) is 0 Å². The summed E-state index contributed by atoms with van der Waals surface area (Å²) in [6.45, 7) is 3.46. The first kappa shape index (κ1) is 11.4. The molecule has 12 heavy (non-hydrogen) atoms. The molecular formula is C6H12NO4S-. The molecular weight excluding hydrogens is 182 g/mol. The highest BCUT2D eigenvalue weighted by atomic mass is 32.2. The van der Waals surface area contributed by atoms with E-state index in [-0.39, 0.29) is 5.92 Å². The maximum atomic E-state index is 10.9. The molecule has 0 aliphatic rings. The molecule has 0 fully saturated rings. The zero-order valence-corrected chi connectivity index (χ0v) is 7.85. The Balaban J connectivity index is 3.88. The van der Waals surface area contributed by atoms with Crippen molar-refractivity contribution in [1.29, 1.82) is 0 Å². The van der Waals surface area contributed by atoms with E-state index in [1.165, 1.54) is 0 Å². The minimum atomic E-state index is -4.34. The normalized spacial score (nSPS) is 13.9. The van der Waals surface area contributed by atoms with Crippen molar-refractivity contribution < 1.29 is 17.8 Å². The second-order valence-corrected chi connectivity index (χ2v) is 3.96. The first-order chi connectivity index (χ1) is 5.37. The molecule has 0 saturated carbocycles. The Bertz CT molecular complexity index is 246. The van der Waals surface area contributed by atoms with Gasteiger partial charge in [-0.1, -0.05) is 13.8 Å². The third kappa shape index (κ3) is 5.09. The van der Waals surface area contributed by atoms with Crippen LogP contribution >= 0.6 is 0 Å². The van der Waals surface area contributed by atoms with Gasteiger partial charge in [-0.2, -0.15) is 0 Å². The molecule has 0 spiro atoms. The SMILES string of the molecule is CCC(C)C(=O)NCS(=O)(=O)[O-]. The van der Waals surface area contributed by atoms with E-state index in [9.17, 15) is 17.8 Å². The predicted octanol–water partition coefficient (Wildman–Crippen LogP) is -0.349. The third-order valence-electron chi connectivity index (χ3n) is 1.48. The molecule has 0 saturated heterocycles. The van der Waals surface area contributed by atoms with Crippen molar-refractivity contribution in [2.75, 3.05) is 5.88 Å². The van der Waals surface area contributed by atoms with Gasteiger partial charge >= 0.3 is 0 Å². The largest absolute Gasteiger partial charge is 0.747 e. The highest BCUT2D eigenvalue weighted by Crippen LogP contribution is 1.99. The summed E-state index contributed by atoms with van der Waals surface area (Å²) in [6.07, 6.45) is 0.616. The van der Waals surface area contributed by atoms with Crippen LogP contribution in [0.1, 0.15) is 20.3 Å². The van der Waals surface area contributed by atoms with E-state index in [1.54, 1.807) is 13.8 Å². The maximum absolute atomic E-state index is 10.9. The molecule has 1 N–H and O–H groups in total. The van der Waals surface area contributed by atoms with Gasteiger partial charge in [0.15, 0.2) is 0 Å². The fraction of sp³-hybridized carbons (Fsp3) is 0.833. The fourth-order valence-electron chi connectivity index (χ4n) is 0.519. The van der Waals surface area contributed by atoms with Gasteiger partial charge in [0.05, 0.1) is 0 Å². The number of carbonyl (C=O) groups excluding carboxylic acids is 1. The standard InChI is InChI=1S/C6H13NO4S/c1-3-5(2)6(8)7-4-12(9,10)11/h5H,3-4H2,1-2H3,(H,7,8)(H,9,10,11)/p-1. The van der Waals surface area contributed by atoms with E-state index >= 15 is 0 Å². The van der Waals surface area contributed by atoms with E-state index in [1.807, 2.05) is 5.32 Å². The van der Waals surface area contributed by atoms with Crippen LogP contribution in [0.3, 0.4) is 0 Å². The predicted molar refractivity (Wildman–Crippen MR) is 42.2 cm³/mol. The summed E-state index contributed by atoms with van der Waals surface area (Å²) >= 11 is 0. The lowest BCUT2D eigenvalue weighted by Crippen LogP contribution is -2.33. The summed E-state index contributed by atoms with van der Waals surface area (Å²) in [6, 6.07) is 0. The van der Waals surface area contributed by atoms with Crippen LogP contribution in [0.2, 0.25) is 0 Å². The lowest BCUT2D eigenvalue weighted by Gasteiger charge is -2.11. The molecule has 1 amide bonds. The average molecular weight is 194 g/mol. The Labute approximate surface area is 71.9 Å². The molecule has 0 bridgehead atoms. The van der Waals surface area contributed by atoms with E-state index in [0.29, 0.717) is 6.42 Å². The third-order valence-corrected chi connectivity index (χ3v) is 1.98. The van der Waals surface area contributed by atoms with Crippen LogP contribution in [0.25, 0.3) is 0 Å². The Morgan fingerprint density at radius 3 is 2.42 bits per heavy atom. The Hall–Kier alpha value is -0.620. The molecule has 0 aliphatic carbocycles. The molecule has 0 heterocycles. The van der Waals surface area contributed by atoms with E-state index in [4.69, 9.17) is 0 Å². The lowest BCUT2D eigenvalue weighted by atomic mass is 10.1. The summed E-state index contributed by atoms with van der Waals surface area (Å²) in [5.41, 5.74) is 0. The van der Waals surface area contributed by atoms with Crippen LogP contribution in [0.5, 0.6) is 0 Å². The molecule has 6 heteroatoms. The van der Waals surface area contributed by atoms with Gasteiger partial charge in [-0.25, -0.2) is 8.42 Å². The van der Waals surface area contributed by atoms with Gasteiger partial charge in [0.2, 0.25) is 5.91 Å². The summed E-state index contributed by atoms with van der Waals surface area (Å²) in [5.74, 6) is -1.49. The van der Waals surface area contributed by atoms with Crippen molar-refractivity contribution in [1.82, 2.24) is 5.32 Å². The van der Waals surface area contributed by atoms with Crippen LogP contribution in [0.4, 0.5) is 0 Å². The van der Waals surface area contributed by atoms with Crippen molar-refractivity contribution in [2.24, 2.45) is 5.92 Å². The van der Waals surface area contributed by atoms with Crippen LogP contribution in [-0.2, 0) is 14.9 Å². The van der Waals surface area contributed by atoms with Crippen molar-refractivity contribution in [3.63, 3.8) is 0 Å². The first-order valence-electron chi connectivity index (χ1n) is 3.58. The summed E-state index contributed by atoms with van der Waals surface area (Å²) < 4.78 is 30.2. The van der Waals surface area contributed by atoms with Crippen molar-refractivity contribution in [3.8, 4) is 0 Å². The Morgan fingerprint density at radius 2 is 2.08 bits per heavy atom. The number of hydrogen-bond donors (Lipinski definition) is 1. The van der Waals surface area contributed by atoms with Gasteiger partial charge in [-0.15, -0.1) is 0 Å². The molecule has 1 atom stereocenters.